The van der Waals surface area contributed by atoms with Crippen molar-refractivity contribution in [3.8, 4) is 11.5 Å². The van der Waals surface area contributed by atoms with Crippen molar-refractivity contribution in [2.45, 2.75) is 26.4 Å². The minimum Gasteiger partial charge on any atom is -0.495 e. The van der Waals surface area contributed by atoms with Gasteiger partial charge in [0.25, 0.3) is 5.56 Å². The fourth-order valence-electron chi connectivity index (χ4n) is 2.86. The van der Waals surface area contributed by atoms with Gasteiger partial charge in [-0.2, -0.15) is 0 Å². The number of benzene rings is 1. The average Bonchev–Trinajstić information content (AvgIpc) is 2.89. The normalized spacial score (nSPS) is 17.4. The summed E-state index contributed by atoms with van der Waals surface area (Å²) in [6, 6.07) is 5.78. The van der Waals surface area contributed by atoms with Crippen molar-refractivity contribution in [1.82, 2.24) is 4.57 Å². The number of para-hydroxylation sites is 1. The van der Waals surface area contributed by atoms with Gasteiger partial charge in [0.15, 0.2) is 0 Å². The first kappa shape index (κ1) is 13.0. The quantitative estimate of drug-likeness (QED) is 0.844. The monoisotopic (exact) mass is 273 g/mol. The van der Waals surface area contributed by atoms with E-state index in [0.29, 0.717) is 18.1 Å². The molecule has 2 heterocycles. The molecule has 0 amide bonds. The van der Waals surface area contributed by atoms with E-state index in [4.69, 9.17) is 9.47 Å². The number of rotatable bonds is 2. The second-order valence-corrected chi connectivity index (χ2v) is 5.63. The third kappa shape index (κ3) is 1.71. The lowest BCUT2D eigenvalue weighted by Gasteiger charge is -2.15. The van der Waals surface area contributed by atoms with Crippen LogP contribution in [0.3, 0.4) is 0 Å². The summed E-state index contributed by atoms with van der Waals surface area (Å²) in [7, 11) is 3.40. The Labute approximate surface area is 117 Å². The predicted octanol–water partition coefficient (Wildman–Crippen LogP) is 2.51. The van der Waals surface area contributed by atoms with E-state index in [9.17, 15) is 4.79 Å². The molecule has 1 atom stereocenters. The molecule has 1 aromatic carbocycles. The molecule has 1 aliphatic heterocycles. The van der Waals surface area contributed by atoms with Crippen LogP contribution in [0.4, 0.5) is 0 Å². The van der Waals surface area contributed by atoms with Gasteiger partial charge in [-0.3, -0.25) is 4.79 Å². The summed E-state index contributed by atoms with van der Waals surface area (Å²) in [5.74, 6) is 1.81. The number of ether oxygens (including phenoxy) is 2. The first-order valence-electron chi connectivity index (χ1n) is 6.89. The molecule has 0 saturated heterocycles. The molecule has 4 heteroatoms. The molecule has 0 aliphatic carbocycles. The highest BCUT2D eigenvalue weighted by atomic mass is 16.5. The Bertz CT molecular complexity index is 731. The second kappa shape index (κ2) is 4.54. The minimum absolute atomic E-state index is 0.0140. The van der Waals surface area contributed by atoms with Crippen molar-refractivity contribution in [3.05, 3.63) is 34.1 Å². The summed E-state index contributed by atoms with van der Waals surface area (Å²) >= 11 is 0. The topological polar surface area (TPSA) is 40.5 Å². The van der Waals surface area contributed by atoms with Crippen LogP contribution in [0.5, 0.6) is 11.5 Å². The van der Waals surface area contributed by atoms with Gasteiger partial charge >= 0.3 is 0 Å². The first-order valence-corrected chi connectivity index (χ1v) is 6.89. The van der Waals surface area contributed by atoms with E-state index in [-0.39, 0.29) is 11.7 Å². The Balaban J connectivity index is 2.34. The van der Waals surface area contributed by atoms with Gasteiger partial charge in [-0.05, 0) is 18.1 Å². The van der Waals surface area contributed by atoms with E-state index in [1.807, 2.05) is 18.2 Å². The third-order valence-corrected chi connectivity index (χ3v) is 4.05. The van der Waals surface area contributed by atoms with Gasteiger partial charge in [-0.25, -0.2) is 0 Å². The fourth-order valence-corrected chi connectivity index (χ4v) is 2.86. The van der Waals surface area contributed by atoms with Crippen molar-refractivity contribution < 1.29 is 9.47 Å². The molecule has 0 saturated carbocycles. The Morgan fingerprint density at radius 1 is 1.40 bits per heavy atom. The maximum absolute atomic E-state index is 12.5. The number of hydrogen-bond donors (Lipinski definition) is 0. The first-order chi connectivity index (χ1) is 9.54. The maximum atomic E-state index is 12.5. The molecular formula is C16H19NO3. The Hall–Kier alpha value is -1.97. The van der Waals surface area contributed by atoms with Crippen LogP contribution in [0.25, 0.3) is 10.9 Å². The standard InChI is InChI=1S/C16H19NO3/c1-9(2)13-8-11-15(20-13)10-6-5-7-12(19-4)14(10)17(3)16(11)18/h5-7,9,13H,8H2,1-4H3. The summed E-state index contributed by atoms with van der Waals surface area (Å²) in [6.07, 6.45) is 0.766. The van der Waals surface area contributed by atoms with Crippen molar-refractivity contribution in [3.63, 3.8) is 0 Å². The molecule has 0 N–H and O–H groups in total. The molecule has 4 nitrogen and oxygen atoms in total. The molecule has 0 radical (unpaired) electrons. The van der Waals surface area contributed by atoms with Crippen molar-refractivity contribution >= 4 is 10.9 Å². The predicted molar refractivity (Wildman–Crippen MR) is 78.7 cm³/mol. The van der Waals surface area contributed by atoms with E-state index < -0.39 is 0 Å². The van der Waals surface area contributed by atoms with Crippen LogP contribution in [-0.4, -0.2) is 17.8 Å². The van der Waals surface area contributed by atoms with Gasteiger partial charge in [-0.15, -0.1) is 0 Å². The molecule has 106 valence electrons. The molecule has 20 heavy (non-hydrogen) atoms. The highest BCUT2D eigenvalue weighted by molar-refractivity contribution is 5.91. The summed E-state index contributed by atoms with van der Waals surface area (Å²) in [6.45, 7) is 4.23. The van der Waals surface area contributed by atoms with Crippen LogP contribution in [0.2, 0.25) is 0 Å². The average molecular weight is 273 g/mol. The fraction of sp³-hybridized carbons (Fsp3) is 0.438. The van der Waals surface area contributed by atoms with E-state index in [1.54, 1.807) is 18.7 Å². The second-order valence-electron chi connectivity index (χ2n) is 5.63. The lowest BCUT2D eigenvalue weighted by Crippen LogP contribution is -2.23. The summed E-state index contributed by atoms with van der Waals surface area (Å²) in [4.78, 5) is 12.5. The highest BCUT2D eigenvalue weighted by Crippen LogP contribution is 2.38. The minimum atomic E-state index is 0.0140. The van der Waals surface area contributed by atoms with Gasteiger partial charge in [0.1, 0.15) is 17.6 Å². The highest BCUT2D eigenvalue weighted by Gasteiger charge is 2.31. The van der Waals surface area contributed by atoms with Crippen LogP contribution >= 0.6 is 0 Å². The number of aryl methyl sites for hydroxylation is 1. The van der Waals surface area contributed by atoms with E-state index >= 15 is 0 Å². The lowest BCUT2D eigenvalue weighted by molar-refractivity contribution is 0.180. The van der Waals surface area contributed by atoms with Crippen LogP contribution < -0.4 is 15.0 Å². The van der Waals surface area contributed by atoms with Crippen molar-refractivity contribution in [2.75, 3.05) is 7.11 Å². The van der Waals surface area contributed by atoms with E-state index in [2.05, 4.69) is 13.8 Å². The zero-order valence-corrected chi connectivity index (χ0v) is 12.3. The van der Waals surface area contributed by atoms with Gasteiger partial charge in [-0.1, -0.05) is 19.9 Å². The number of pyridine rings is 1. The van der Waals surface area contributed by atoms with Gasteiger partial charge in [0.05, 0.1) is 18.2 Å². The zero-order valence-electron chi connectivity index (χ0n) is 12.3. The molecule has 2 aromatic rings. The van der Waals surface area contributed by atoms with Crippen LogP contribution in [0, 0.1) is 5.92 Å². The molecular weight excluding hydrogens is 254 g/mol. The van der Waals surface area contributed by atoms with Gasteiger partial charge in [0.2, 0.25) is 0 Å². The van der Waals surface area contributed by atoms with Crippen molar-refractivity contribution in [1.29, 1.82) is 0 Å². The lowest BCUT2D eigenvalue weighted by atomic mass is 10.0. The zero-order chi connectivity index (χ0) is 14.4. The molecule has 1 unspecified atom stereocenters. The van der Waals surface area contributed by atoms with E-state index in [1.165, 1.54) is 0 Å². The van der Waals surface area contributed by atoms with Gasteiger partial charge in [0, 0.05) is 18.9 Å². The largest absolute Gasteiger partial charge is 0.495 e. The number of fused-ring (bicyclic) bond motifs is 3. The number of methoxy groups -OCH3 is 1. The Kier molecular flexibility index (Phi) is 2.96. The maximum Gasteiger partial charge on any atom is 0.257 e. The summed E-state index contributed by atoms with van der Waals surface area (Å²) in [5, 5.41) is 0.949. The molecule has 0 bridgehead atoms. The molecule has 0 fully saturated rings. The number of hydrogen-bond acceptors (Lipinski definition) is 3. The SMILES string of the molecule is COc1cccc2c3c(c(=O)n(C)c12)CC(C(C)C)O3. The summed E-state index contributed by atoms with van der Waals surface area (Å²) in [5.41, 5.74) is 1.59. The Morgan fingerprint density at radius 3 is 2.80 bits per heavy atom. The molecule has 0 spiro atoms. The Morgan fingerprint density at radius 2 is 2.15 bits per heavy atom. The van der Waals surface area contributed by atoms with Gasteiger partial charge < -0.3 is 14.0 Å². The third-order valence-electron chi connectivity index (χ3n) is 4.05. The molecule has 3 rings (SSSR count). The number of nitrogens with zero attached hydrogens (tertiary/aromatic N) is 1. The summed E-state index contributed by atoms with van der Waals surface area (Å²) < 4.78 is 13.1. The molecule has 1 aromatic heterocycles. The smallest absolute Gasteiger partial charge is 0.257 e. The van der Waals surface area contributed by atoms with Crippen LogP contribution in [0.1, 0.15) is 19.4 Å². The number of aromatic nitrogens is 1. The van der Waals surface area contributed by atoms with E-state index in [0.717, 1.165) is 22.2 Å². The van der Waals surface area contributed by atoms with Crippen LogP contribution in [-0.2, 0) is 13.5 Å². The van der Waals surface area contributed by atoms with Crippen molar-refractivity contribution in [2.24, 2.45) is 13.0 Å². The van der Waals surface area contributed by atoms with Crippen LogP contribution in [0.15, 0.2) is 23.0 Å². The molecule has 1 aliphatic rings.